The zero-order chi connectivity index (χ0) is 63.6. The molecule has 0 aliphatic heterocycles. The maximum atomic E-state index is 9.43. The highest BCUT2D eigenvalue weighted by Gasteiger charge is 2.35. The fourth-order valence-electron chi connectivity index (χ4n) is 6.09. The van der Waals surface area contributed by atoms with Crippen molar-refractivity contribution in [1.29, 1.82) is 15.8 Å². The summed E-state index contributed by atoms with van der Waals surface area (Å²) in [5.41, 5.74) is 7.14. The Morgan fingerprint density at radius 1 is 0.476 bits per heavy atom. The summed E-state index contributed by atoms with van der Waals surface area (Å²) in [5, 5.41) is 78.6. The van der Waals surface area contributed by atoms with Gasteiger partial charge in [-0.2, -0.15) is 5.26 Å². The Morgan fingerprint density at radius 2 is 0.738 bits per heavy atom. The van der Waals surface area contributed by atoms with Gasteiger partial charge >= 0.3 is 0 Å². The Kier molecular flexibility index (Phi) is 36.7. The molecule has 444 valence electrons. The van der Waals surface area contributed by atoms with Gasteiger partial charge in [0.1, 0.15) is 49.2 Å². The lowest BCUT2D eigenvalue weighted by molar-refractivity contribution is -0.107. The molecule has 84 heavy (non-hydrogen) atoms. The van der Waals surface area contributed by atoms with E-state index in [-0.39, 0.29) is 38.3 Å². The van der Waals surface area contributed by atoms with E-state index in [1.807, 2.05) is 6.07 Å². The van der Waals surface area contributed by atoms with E-state index in [1.165, 1.54) is 5.53 Å². The number of hydrogen-bond donors (Lipinski definition) is 6. The minimum absolute atomic E-state index is 0.0999. The minimum Gasteiger partial charge on any atom is -0.508 e. The van der Waals surface area contributed by atoms with Gasteiger partial charge in [-0.15, -0.1) is 10.5 Å². The number of aliphatic hydroxyl groups excluding tert-OH is 1. The van der Waals surface area contributed by atoms with Crippen molar-refractivity contribution in [2.45, 2.75) is 30.5 Å². The molecular weight excluding hydrogens is 1380 g/mol. The summed E-state index contributed by atoms with van der Waals surface area (Å²) in [5.74, 6) is 1.34. The van der Waals surface area contributed by atoms with Gasteiger partial charge in [0.05, 0.1) is 5.92 Å². The lowest BCUT2D eigenvalue weighted by atomic mass is 9.92. The van der Waals surface area contributed by atoms with Crippen LogP contribution in [-0.2, 0) is 9.53 Å². The number of para-hydroxylation sites is 1. The van der Waals surface area contributed by atoms with Crippen LogP contribution < -0.4 is 9.47 Å². The summed E-state index contributed by atoms with van der Waals surface area (Å²) in [4.78, 5) is 9.43. The largest absolute Gasteiger partial charge is 0.508 e. The van der Waals surface area contributed by atoms with Gasteiger partial charge in [-0.05, 0) is 125 Å². The lowest BCUT2D eigenvalue weighted by Crippen LogP contribution is -2.27. The third-order valence-electron chi connectivity index (χ3n) is 9.58. The molecule has 7 aromatic rings. The van der Waals surface area contributed by atoms with Crippen LogP contribution in [-0.4, -0.2) is 61.2 Å². The maximum Gasteiger partial charge on any atom is 0.292 e. The molecule has 0 spiro atoms. The van der Waals surface area contributed by atoms with Crippen molar-refractivity contribution in [2.75, 3.05) is 6.61 Å². The van der Waals surface area contributed by atoms with Gasteiger partial charge in [-0.25, -0.2) is 0 Å². The fraction of sp³-hybridized carbons (Fsp3) is 0.123. The molecule has 7 rings (SSSR count). The van der Waals surface area contributed by atoms with Gasteiger partial charge < -0.3 is 44.8 Å². The smallest absolute Gasteiger partial charge is 0.292 e. The summed E-state index contributed by atoms with van der Waals surface area (Å²) in [6.45, 7) is 2.01. The standard InChI is InChI=1S/C16H8Cl2N2O2.C14H11Cl3O2.C14H10Cl2O2.C6H6O.C4H7Cl3O2.C2HCl3O.CClN/c17-16(18)15(11-1-5-13(6-2-11)21-9-19)12-3-7-14(8-4-12)22-10-20;15-14(16,17)13(9-1-5-11(18)6-2-9)10-3-7-12(19)8-4-10;15-14(16)13(9-1-5-11(17)6-2-9)10-3-7-12(18)8-4-10;7-6-4-2-1-3-5-6;1-2-9-3(8)4(5,6)7;3-2(4,5)1-6;2-1-3/h1-8H;1-8,13,18-19H;1-8,17-18H;1-5,7H;3,8H,2H2,1H3;1H;. The minimum atomic E-state index is -1.74. The van der Waals surface area contributed by atoms with Crippen LogP contribution in [0.5, 0.6) is 40.2 Å². The molecule has 13 nitrogen and oxygen atoms in total. The number of rotatable bonds is 10. The molecule has 0 radical (unpaired) electrons. The number of phenolic OH excluding ortho intramolecular Hbond substituents is 5. The summed E-state index contributed by atoms with van der Waals surface area (Å²) >= 11 is 76.6. The Bertz CT molecular complexity index is 3080. The topological polar surface area (TPSA) is 238 Å². The number of nitriles is 3. The van der Waals surface area contributed by atoms with Crippen LogP contribution in [0.25, 0.3) is 11.1 Å². The van der Waals surface area contributed by atoms with E-state index in [4.69, 9.17) is 186 Å². The summed E-state index contributed by atoms with van der Waals surface area (Å²) in [7, 11) is 0. The number of halogens is 14. The van der Waals surface area contributed by atoms with Gasteiger partial charge in [-0.3, -0.25) is 4.79 Å². The molecule has 0 fully saturated rings. The number of carbonyl (C=O) groups is 1. The van der Waals surface area contributed by atoms with Crippen LogP contribution in [0.3, 0.4) is 0 Å². The molecule has 6 N–H and O–H groups in total. The van der Waals surface area contributed by atoms with Crippen molar-refractivity contribution in [2.24, 2.45) is 0 Å². The zero-order valence-corrected chi connectivity index (χ0v) is 53.2. The predicted octanol–water partition coefficient (Wildman–Crippen LogP) is 18.9. The molecule has 0 aromatic heterocycles. The molecule has 7 aromatic carbocycles. The molecule has 0 saturated heterocycles. The zero-order valence-electron chi connectivity index (χ0n) is 42.6. The number of ether oxygens (including phenoxy) is 3. The molecule has 0 saturated carbocycles. The normalized spacial score (nSPS) is 10.5. The SMILES string of the molecule is CCOC(O)C(Cl)(Cl)Cl.N#CCl.N#COc1ccc(C(=C(Cl)Cl)c2ccc(OC#N)cc2)cc1.O=CC(Cl)(Cl)Cl.Oc1ccc(C(=C(Cl)Cl)c2ccc(O)cc2)cc1.Oc1ccc(C(c2ccc(O)cc2)C(Cl)(Cl)Cl)cc1.Oc1ccccc1. The molecule has 0 bridgehead atoms. The first-order valence-corrected chi connectivity index (χ1v) is 28.1. The Labute approximate surface area is 554 Å². The number of hydrogen-bond acceptors (Lipinski definition) is 13. The first-order chi connectivity index (χ1) is 39.5. The van der Waals surface area contributed by atoms with E-state index < -0.39 is 23.6 Å². The molecule has 0 heterocycles. The number of aromatic hydroxyl groups is 5. The second-order valence-corrected chi connectivity index (χ2v) is 24.6. The molecule has 0 aliphatic carbocycles. The summed E-state index contributed by atoms with van der Waals surface area (Å²) in [6, 6.07) is 48.4. The van der Waals surface area contributed by atoms with Crippen molar-refractivity contribution in [1.82, 2.24) is 0 Å². The average Bonchev–Trinajstić information content (AvgIpc) is 3.64. The molecule has 0 amide bonds. The monoisotopic (exact) mass is 1420 g/mol. The fourth-order valence-corrected chi connectivity index (χ4v) is 7.91. The summed E-state index contributed by atoms with van der Waals surface area (Å²) in [6.07, 6.45) is 2.10. The molecule has 1 atom stereocenters. The van der Waals surface area contributed by atoms with Gasteiger partial charge in [0, 0.05) is 29.4 Å². The van der Waals surface area contributed by atoms with E-state index >= 15 is 0 Å². The third-order valence-corrected chi connectivity index (χ3v) is 11.8. The number of carbonyl (C=O) groups excluding carboxylic acids is 1. The molecule has 27 heteroatoms. The van der Waals surface area contributed by atoms with E-state index in [1.54, 1.807) is 189 Å². The number of aldehydes is 1. The van der Waals surface area contributed by atoms with E-state index in [0.29, 0.717) is 35.0 Å². The quantitative estimate of drug-likeness (QED) is 0.0324. The van der Waals surface area contributed by atoms with Gasteiger partial charge in [0.2, 0.25) is 17.7 Å². The predicted molar refractivity (Wildman–Crippen MR) is 339 cm³/mol. The van der Waals surface area contributed by atoms with Gasteiger partial charge in [0.25, 0.3) is 12.5 Å². The second kappa shape index (κ2) is 40.2. The number of nitrogens with zero attached hydrogens (tertiary/aromatic N) is 3. The van der Waals surface area contributed by atoms with Crippen LogP contribution in [0.2, 0.25) is 0 Å². The van der Waals surface area contributed by atoms with Gasteiger partial charge in [-0.1, -0.05) is 242 Å². The van der Waals surface area contributed by atoms with Gasteiger partial charge in [0.15, 0.2) is 11.8 Å². The Hall–Kier alpha value is -5.26. The van der Waals surface area contributed by atoms with Crippen LogP contribution in [0.1, 0.15) is 46.2 Å². The number of phenols is 5. The third kappa shape index (κ3) is 31.2. The van der Waals surface area contributed by atoms with Crippen molar-refractivity contribution >= 4 is 180 Å². The number of alkyl halides is 9. The van der Waals surface area contributed by atoms with Crippen LogP contribution in [0.4, 0.5) is 0 Å². The number of aliphatic hydroxyl groups is 1. The number of benzene rings is 7. The van der Waals surface area contributed by atoms with Crippen molar-refractivity contribution in [3.05, 3.63) is 218 Å². The van der Waals surface area contributed by atoms with E-state index in [0.717, 1.165) is 33.4 Å². The second-order valence-electron chi connectivity index (χ2n) is 15.4. The first-order valence-electron chi connectivity index (χ1n) is 22.8. The van der Waals surface area contributed by atoms with Crippen LogP contribution in [0.15, 0.2) is 185 Å². The average molecular weight is 1430 g/mol. The summed E-state index contributed by atoms with van der Waals surface area (Å²) < 4.78 is 9.25. The Morgan fingerprint density at radius 3 is 0.929 bits per heavy atom. The molecule has 1 unspecified atom stereocenters. The lowest BCUT2D eigenvalue weighted by Gasteiger charge is -2.25. The Balaban J connectivity index is 0.000000526. The van der Waals surface area contributed by atoms with Crippen molar-refractivity contribution in [3.63, 3.8) is 0 Å². The first kappa shape index (κ1) is 76.8. The molecule has 0 aliphatic rings. The molecular formula is C57H43Cl14N3O10. The van der Waals surface area contributed by atoms with Crippen LogP contribution >= 0.6 is 162 Å². The van der Waals surface area contributed by atoms with Crippen LogP contribution in [0, 0.1) is 33.8 Å². The highest BCUT2D eigenvalue weighted by atomic mass is 35.6. The van der Waals surface area contributed by atoms with E-state index in [9.17, 15) is 25.2 Å². The van der Waals surface area contributed by atoms with Crippen molar-refractivity contribution in [3.8, 4) is 58.3 Å². The maximum absolute atomic E-state index is 9.43. The van der Waals surface area contributed by atoms with E-state index in [2.05, 4.69) is 16.3 Å². The highest BCUT2D eigenvalue weighted by Crippen LogP contribution is 2.46. The van der Waals surface area contributed by atoms with Crippen molar-refractivity contribution < 1.29 is 49.6 Å². The highest BCUT2D eigenvalue weighted by molar-refractivity contribution is 6.74.